The quantitative estimate of drug-likeness (QED) is 0.724. The van der Waals surface area contributed by atoms with E-state index >= 15 is 0 Å². The van der Waals surface area contributed by atoms with Gasteiger partial charge < -0.3 is 5.11 Å². The Morgan fingerprint density at radius 1 is 1.00 bits per heavy atom. The molecule has 0 aliphatic rings. The van der Waals surface area contributed by atoms with Crippen LogP contribution in [0.5, 0.6) is 5.75 Å². The minimum atomic E-state index is 0.340. The second-order valence-electron chi connectivity index (χ2n) is 4.69. The summed E-state index contributed by atoms with van der Waals surface area (Å²) in [5, 5.41) is 10.5. The SMILES string of the molecule is Oc1cccc(CC(CBr)Cc2ccccc2Br)c1. The van der Waals surface area contributed by atoms with Crippen molar-refractivity contribution in [3.63, 3.8) is 0 Å². The van der Waals surface area contributed by atoms with Gasteiger partial charge >= 0.3 is 0 Å². The molecule has 1 unspecified atom stereocenters. The van der Waals surface area contributed by atoms with E-state index in [2.05, 4.69) is 56.1 Å². The van der Waals surface area contributed by atoms with Crippen LogP contribution in [0.4, 0.5) is 0 Å². The number of halogens is 2. The topological polar surface area (TPSA) is 20.2 Å². The van der Waals surface area contributed by atoms with Gasteiger partial charge in [-0.25, -0.2) is 0 Å². The molecule has 2 aromatic carbocycles. The molecule has 1 nitrogen and oxygen atoms in total. The molecular formula is C16H16Br2O. The van der Waals surface area contributed by atoms with Crippen molar-refractivity contribution < 1.29 is 5.11 Å². The van der Waals surface area contributed by atoms with Crippen molar-refractivity contribution >= 4 is 31.9 Å². The maximum absolute atomic E-state index is 9.51. The van der Waals surface area contributed by atoms with Crippen molar-refractivity contribution in [3.05, 3.63) is 64.1 Å². The predicted molar refractivity (Wildman–Crippen MR) is 86.9 cm³/mol. The van der Waals surface area contributed by atoms with Crippen LogP contribution in [0.1, 0.15) is 11.1 Å². The first-order chi connectivity index (χ1) is 9.19. The Morgan fingerprint density at radius 3 is 2.47 bits per heavy atom. The zero-order chi connectivity index (χ0) is 13.7. The first-order valence-corrected chi connectivity index (χ1v) is 8.17. The summed E-state index contributed by atoms with van der Waals surface area (Å²) in [4.78, 5) is 0. The van der Waals surface area contributed by atoms with E-state index in [1.807, 2.05) is 18.2 Å². The monoisotopic (exact) mass is 382 g/mol. The maximum atomic E-state index is 9.51. The molecule has 0 radical (unpaired) electrons. The summed E-state index contributed by atoms with van der Waals surface area (Å²) < 4.78 is 1.16. The summed E-state index contributed by atoms with van der Waals surface area (Å²) in [7, 11) is 0. The van der Waals surface area contributed by atoms with Crippen molar-refractivity contribution in [1.29, 1.82) is 0 Å². The van der Waals surface area contributed by atoms with Crippen LogP contribution < -0.4 is 0 Å². The fourth-order valence-electron chi connectivity index (χ4n) is 2.17. The first kappa shape index (κ1) is 14.6. The molecule has 0 aromatic heterocycles. The maximum Gasteiger partial charge on any atom is 0.115 e. The molecular weight excluding hydrogens is 368 g/mol. The smallest absolute Gasteiger partial charge is 0.115 e. The van der Waals surface area contributed by atoms with Gasteiger partial charge in [0.05, 0.1) is 0 Å². The van der Waals surface area contributed by atoms with Crippen molar-refractivity contribution in [1.82, 2.24) is 0 Å². The molecule has 0 fully saturated rings. The van der Waals surface area contributed by atoms with E-state index in [0.29, 0.717) is 11.7 Å². The lowest BCUT2D eigenvalue weighted by Crippen LogP contribution is -2.10. The van der Waals surface area contributed by atoms with E-state index in [0.717, 1.165) is 22.6 Å². The zero-order valence-electron chi connectivity index (χ0n) is 10.5. The van der Waals surface area contributed by atoms with Gasteiger partial charge in [-0.3, -0.25) is 0 Å². The van der Waals surface area contributed by atoms with Gasteiger partial charge in [0.25, 0.3) is 0 Å². The van der Waals surface area contributed by atoms with Crippen LogP contribution in [0.15, 0.2) is 53.0 Å². The summed E-state index contributed by atoms with van der Waals surface area (Å²) in [5.74, 6) is 0.854. The van der Waals surface area contributed by atoms with Crippen molar-refractivity contribution in [3.8, 4) is 5.75 Å². The molecule has 100 valence electrons. The van der Waals surface area contributed by atoms with Crippen molar-refractivity contribution in [2.45, 2.75) is 12.8 Å². The fourth-order valence-corrected chi connectivity index (χ4v) is 3.08. The van der Waals surface area contributed by atoms with Gasteiger partial charge in [-0.2, -0.15) is 0 Å². The molecule has 1 N–H and O–H groups in total. The fraction of sp³-hybridized carbons (Fsp3) is 0.250. The number of alkyl halides is 1. The van der Waals surface area contributed by atoms with E-state index in [-0.39, 0.29) is 0 Å². The number of hydrogen-bond acceptors (Lipinski definition) is 1. The summed E-state index contributed by atoms with van der Waals surface area (Å²) in [5.41, 5.74) is 2.50. The average Bonchev–Trinajstić information content (AvgIpc) is 2.40. The average molecular weight is 384 g/mol. The summed E-state index contributed by atoms with van der Waals surface area (Å²) in [6.07, 6.45) is 1.98. The van der Waals surface area contributed by atoms with Gasteiger partial charge in [0.15, 0.2) is 0 Å². The number of phenolic OH excluding ortho intramolecular Hbond substituents is 1. The van der Waals surface area contributed by atoms with E-state index in [4.69, 9.17) is 0 Å². The van der Waals surface area contributed by atoms with Gasteiger partial charge in [-0.05, 0) is 48.1 Å². The Labute approximate surface area is 130 Å². The highest BCUT2D eigenvalue weighted by molar-refractivity contribution is 9.10. The molecule has 0 heterocycles. The van der Waals surface area contributed by atoms with Gasteiger partial charge in [-0.15, -0.1) is 0 Å². The van der Waals surface area contributed by atoms with Crippen LogP contribution in [0.25, 0.3) is 0 Å². The largest absolute Gasteiger partial charge is 0.508 e. The second-order valence-corrected chi connectivity index (χ2v) is 6.19. The molecule has 0 amide bonds. The van der Waals surface area contributed by atoms with Crippen molar-refractivity contribution in [2.24, 2.45) is 5.92 Å². The number of aromatic hydroxyl groups is 1. The van der Waals surface area contributed by atoms with Gasteiger partial charge in [0.1, 0.15) is 5.75 Å². The highest BCUT2D eigenvalue weighted by atomic mass is 79.9. The summed E-state index contributed by atoms with van der Waals surface area (Å²) in [6, 6.07) is 15.8. The van der Waals surface area contributed by atoms with Gasteiger partial charge in [-0.1, -0.05) is 62.2 Å². The molecule has 2 aromatic rings. The Bertz CT molecular complexity index is 540. The number of rotatable bonds is 5. The lowest BCUT2D eigenvalue weighted by atomic mass is 9.94. The second kappa shape index (κ2) is 7.11. The Balaban J connectivity index is 2.07. The van der Waals surface area contributed by atoms with Crippen LogP contribution in [0.2, 0.25) is 0 Å². The lowest BCUT2D eigenvalue weighted by molar-refractivity contribution is 0.473. The molecule has 0 aliphatic carbocycles. The molecule has 0 spiro atoms. The molecule has 1 atom stereocenters. The van der Waals surface area contributed by atoms with Crippen LogP contribution in [0, 0.1) is 5.92 Å². The van der Waals surface area contributed by atoms with Crippen LogP contribution in [-0.4, -0.2) is 10.4 Å². The molecule has 19 heavy (non-hydrogen) atoms. The van der Waals surface area contributed by atoms with Crippen LogP contribution in [-0.2, 0) is 12.8 Å². The van der Waals surface area contributed by atoms with Gasteiger partial charge in [0, 0.05) is 9.80 Å². The molecule has 2 rings (SSSR count). The Hall–Kier alpha value is -0.800. The van der Waals surface area contributed by atoms with E-state index in [1.165, 1.54) is 11.1 Å². The molecule has 3 heteroatoms. The molecule has 0 saturated carbocycles. The molecule has 0 bridgehead atoms. The zero-order valence-corrected chi connectivity index (χ0v) is 13.7. The van der Waals surface area contributed by atoms with E-state index in [9.17, 15) is 5.11 Å². The van der Waals surface area contributed by atoms with Gasteiger partial charge in [0.2, 0.25) is 0 Å². The highest BCUT2D eigenvalue weighted by Gasteiger charge is 2.11. The normalized spacial score (nSPS) is 12.3. The summed E-state index contributed by atoms with van der Waals surface area (Å²) >= 11 is 7.19. The number of benzene rings is 2. The van der Waals surface area contributed by atoms with Crippen LogP contribution >= 0.6 is 31.9 Å². The molecule has 0 aliphatic heterocycles. The minimum absolute atomic E-state index is 0.340. The summed E-state index contributed by atoms with van der Waals surface area (Å²) in [6.45, 7) is 0. The molecule has 0 saturated heterocycles. The minimum Gasteiger partial charge on any atom is -0.508 e. The first-order valence-electron chi connectivity index (χ1n) is 6.26. The standard InChI is InChI=1S/C16H16Br2O/c17-11-13(8-12-4-3-6-15(19)10-12)9-14-5-1-2-7-16(14)18/h1-7,10,13,19H,8-9,11H2. The third-order valence-electron chi connectivity index (χ3n) is 3.12. The van der Waals surface area contributed by atoms with Crippen molar-refractivity contribution in [2.75, 3.05) is 5.33 Å². The lowest BCUT2D eigenvalue weighted by Gasteiger charge is -2.15. The number of hydrogen-bond donors (Lipinski definition) is 1. The number of phenols is 1. The van der Waals surface area contributed by atoms with E-state index in [1.54, 1.807) is 6.07 Å². The third kappa shape index (κ3) is 4.36. The highest BCUT2D eigenvalue weighted by Crippen LogP contribution is 2.23. The Kier molecular flexibility index (Phi) is 5.46. The Morgan fingerprint density at radius 2 is 1.79 bits per heavy atom. The van der Waals surface area contributed by atoms with Crippen LogP contribution in [0.3, 0.4) is 0 Å². The third-order valence-corrected chi connectivity index (χ3v) is 4.81. The predicted octanol–water partition coefficient (Wildman–Crippen LogP) is 4.95. The van der Waals surface area contributed by atoms with E-state index < -0.39 is 0 Å².